The van der Waals surface area contributed by atoms with E-state index in [0.717, 1.165) is 22.3 Å². The van der Waals surface area contributed by atoms with Gasteiger partial charge in [0.2, 0.25) is 0 Å². The normalized spacial score (nSPS) is 18.4. The number of benzene rings is 4. The van der Waals surface area contributed by atoms with Crippen LogP contribution in [-0.2, 0) is 50.2 Å². The molecule has 0 amide bonds. The van der Waals surface area contributed by atoms with Gasteiger partial charge in [0.1, 0.15) is 6.10 Å². The van der Waals surface area contributed by atoms with Gasteiger partial charge in [-0.3, -0.25) is 4.79 Å². The van der Waals surface area contributed by atoms with E-state index < -0.39 is 11.9 Å². The van der Waals surface area contributed by atoms with Crippen LogP contribution in [0.15, 0.2) is 121 Å². The molecular weight excluding hydrogens is 520 g/mol. The Morgan fingerprint density at radius 1 is 0.600 bits per heavy atom. The van der Waals surface area contributed by atoms with Gasteiger partial charge >= 0.3 is 0 Å². The fraction of sp³-hybridized carbons (Fsp3) is 0.265. The van der Waals surface area contributed by atoms with Gasteiger partial charge in [0.25, 0.3) is 10.9 Å². The Labute approximate surface area is 240 Å². The molecule has 2 atom stereocenters. The standard InChI is InChI=1S/C34H34O5S/c35-33-34(38-24-29-17-9-3-10-18-29,39-25-30-19-11-4-12-20-30)32(37-23-28-15-7-2-8-16-28)21-31(40-33)26-36-22-27-13-5-1-6-14-27/h1-20,31-32H,21-26H2. The predicted octanol–water partition coefficient (Wildman–Crippen LogP) is 6.95. The summed E-state index contributed by atoms with van der Waals surface area (Å²) in [5, 5.41) is -0.289. The van der Waals surface area contributed by atoms with Crippen molar-refractivity contribution in [1.82, 2.24) is 0 Å². The van der Waals surface area contributed by atoms with Crippen molar-refractivity contribution in [1.29, 1.82) is 0 Å². The zero-order valence-electron chi connectivity index (χ0n) is 22.4. The average molecular weight is 555 g/mol. The van der Waals surface area contributed by atoms with E-state index in [0.29, 0.717) is 26.2 Å². The average Bonchev–Trinajstić information content (AvgIpc) is 3.01. The molecule has 40 heavy (non-hydrogen) atoms. The van der Waals surface area contributed by atoms with Crippen molar-refractivity contribution in [2.45, 2.75) is 50.0 Å². The van der Waals surface area contributed by atoms with Gasteiger partial charge < -0.3 is 18.9 Å². The highest BCUT2D eigenvalue weighted by Crippen LogP contribution is 2.41. The van der Waals surface area contributed by atoms with E-state index >= 15 is 0 Å². The molecule has 0 bridgehead atoms. The molecule has 1 saturated heterocycles. The number of thioether (sulfide) groups is 1. The van der Waals surface area contributed by atoms with Gasteiger partial charge in [0.15, 0.2) is 0 Å². The molecule has 2 unspecified atom stereocenters. The van der Waals surface area contributed by atoms with Gasteiger partial charge in [-0.1, -0.05) is 133 Å². The fourth-order valence-corrected chi connectivity index (χ4v) is 5.77. The lowest BCUT2D eigenvalue weighted by molar-refractivity contribution is -0.283. The molecule has 0 radical (unpaired) electrons. The maximum atomic E-state index is 14.0. The highest BCUT2D eigenvalue weighted by atomic mass is 32.2. The lowest BCUT2D eigenvalue weighted by atomic mass is 10.0. The van der Waals surface area contributed by atoms with Crippen molar-refractivity contribution in [3.05, 3.63) is 144 Å². The van der Waals surface area contributed by atoms with E-state index in [4.69, 9.17) is 18.9 Å². The molecule has 0 aromatic heterocycles. The molecule has 0 N–H and O–H groups in total. The van der Waals surface area contributed by atoms with Crippen LogP contribution in [0.2, 0.25) is 0 Å². The second kappa shape index (κ2) is 14.4. The second-order valence-electron chi connectivity index (χ2n) is 9.77. The maximum Gasteiger partial charge on any atom is 0.267 e. The van der Waals surface area contributed by atoms with E-state index in [1.54, 1.807) is 0 Å². The van der Waals surface area contributed by atoms with Crippen molar-refractivity contribution in [2.24, 2.45) is 0 Å². The Morgan fingerprint density at radius 2 is 1.02 bits per heavy atom. The summed E-state index contributed by atoms with van der Waals surface area (Å²) in [6, 6.07) is 39.6. The third-order valence-electron chi connectivity index (χ3n) is 6.76. The van der Waals surface area contributed by atoms with Gasteiger partial charge in [0.05, 0.1) is 33.0 Å². The first kappa shape index (κ1) is 28.3. The first-order valence-electron chi connectivity index (χ1n) is 13.6. The van der Waals surface area contributed by atoms with Gasteiger partial charge in [0, 0.05) is 5.25 Å². The molecule has 1 fully saturated rings. The highest BCUT2D eigenvalue weighted by Gasteiger charge is 2.54. The minimum Gasteiger partial charge on any atom is -0.376 e. The SMILES string of the molecule is O=C1SC(COCc2ccccc2)CC(OCc2ccccc2)C1(OCc1ccccc1)OCc1ccccc1. The monoisotopic (exact) mass is 554 g/mol. The molecule has 206 valence electrons. The Balaban J connectivity index is 1.37. The van der Waals surface area contributed by atoms with E-state index in [1.165, 1.54) is 11.8 Å². The third kappa shape index (κ3) is 7.68. The van der Waals surface area contributed by atoms with Gasteiger partial charge in [-0.15, -0.1) is 0 Å². The summed E-state index contributed by atoms with van der Waals surface area (Å²) in [7, 11) is 0. The molecule has 0 spiro atoms. The first-order valence-corrected chi connectivity index (χ1v) is 14.4. The van der Waals surface area contributed by atoms with Crippen LogP contribution in [-0.4, -0.2) is 28.9 Å². The highest BCUT2D eigenvalue weighted by molar-refractivity contribution is 8.14. The summed E-state index contributed by atoms with van der Waals surface area (Å²) < 4.78 is 25.4. The number of ether oxygens (including phenoxy) is 4. The first-order chi connectivity index (χ1) is 19.7. The van der Waals surface area contributed by atoms with Crippen LogP contribution in [0.25, 0.3) is 0 Å². The molecule has 6 heteroatoms. The molecule has 4 aromatic rings. The molecule has 0 saturated carbocycles. The number of rotatable bonds is 13. The van der Waals surface area contributed by atoms with Crippen molar-refractivity contribution < 1.29 is 23.7 Å². The Kier molecular flexibility index (Phi) is 10.2. The summed E-state index contributed by atoms with van der Waals surface area (Å²) in [5.74, 6) is -1.57. The van der Waals surface area contributed by atoms with E-state index in [2.05, 4.69) is 0 Å². The predicted molar refractivity (Wildman–Crippen MR) is 157 cm³/mol. The van der Waals surface area contributed by atoms with E-state index in [1.807, 2.05) is 121 Å². The molecule has 4 aromatic carbocycles. The van der Waals surface area contributed by atoms with Crippen LogP contribution in [0, 0.1) is 0 Å². The molecule has 1 aliphatic rings. The quantitative estimate of drug-likeness (QED) is 0.167. The lowest BCUT2D eigenvalue weighted by Gasteiger charge is -2.43. The summed E-state index contributed by atoms with van der Waals surface area (Å²) >= 11 is 1.23. The zero-order chi connectivity index (χ0) is 27.5. The maximum absolute atomic E-state index is 14.0. The summed E-state index contributed by atoms with van der Waals surface area (Å²) in [6.45, 7) is 1.70. The molecule has 5 nitrogen and oxygen atoms in total. The Morgan fingerprint density at radius 3 is 1.50 bits per heavy atom. The smallest absolute Gasteiger partial charge is 0.267 e. The minimum atomic E-state index is -1.57. The molecular formula is C34H34O5S. The topological polar surface area (TPSA) is 54.0 Å². The number of hydrogen-bond donors (Lipinski definition) is 0. The summed E-state index contributed by atoms with van der Waals surface area (Å²) in [5.41, 5.74) is 4.03. The van der Waals surface area contributed by atoms with Crippen molar-refractivity contribution in [3.8, 4) is 0 Å². The number of carbonyl (C=O) groups excluding carboxylic acids is 1. The minimum absolute atomic E-state index is 0.0919. The molecule has 5 rings (SSSR count). The molecule has 1 heterocycles. The van der Waals surface area contributed by atoms with Gasteiger partial charge in [-0.05, 0) is 28.7 Å². The van der Waals surface area contributed by atoms with Crippen LogP contribution in [0.5, 0.6) is 0 Å². The van der Waals surface area contributed by atoms with E-state index in [-0.39, 0.29) is 23.6 Å². The second-order valence-corrected chi connectivity index (χ2v) is 11.0. The van der Waals surface area contributed by atoms with Crippen LogP contribution in [0.3, 0.4) is 0 Å². The summed E-state index contributed by atoms with van der Waals surface area (Å²) in [6.07, 6.45) is -0.0825. The number of carbonyl (C=O) groups is 1. The van der Waals surface area contributed by atoms with Crippen LogP contribution in [0.1, 0.15) is 28.7 Å². The van der Waals surface area contributed by atoms with E-state index in [9.17, 15) is 4.79 Å². The number of hydrogen-bond acceptors (Lipinski definition) is 6. The van der Waals surface area contributed by atoms with Crippen molar-refractivity contribution in [2.75, 3.05) is 6.61 Å². The molecule has 0 aliphatic carbocycles. The fourth-order valence-electron chi connectivity index (χ4n) is 4.62. The summed E-state index contributed by atoms with van der Waals surface area (Å²) in [4.78, 5) is 14.0. The Hall–Kier alpha value is -3.26. The largest absolute Gasteiger partial charge is 0.376 e. The third-order valence-corrected chi connectivity index (χ3v) is 7.92. The van der Waals surface area contributed by atoms with Gasteiger partial charge in [-0.2, -0.15) is 0 Å². The lowest BCUT2D eigenvalue weighted by Crippen LogP contribution is -2.58. The molecule has 1 aliphatic heterocycles. The van der Waals surface area contributed by atoms with Crippen molar-refractivity contribution >= 4 is 16.9 Å². The van der Waals surface area contributed by atoms with Crippen LogP contribution < -0.4 is 0 Å². The van der Waals surface area contributed by atoms with Gasteiger partial charge in [-0.25, -0.2) is 0 Å². The Bertz CT molecular complexity index is 1260. The van der Waals surface area contributed by atoms with Crippen LogP contribution >= 0.6 is 11.8 Å². The zero-order valence-corrected chi connectivity index (χ0v) is 23.2. The van der Waals surface area contributed by atoms with Crippen molar-refractivity contribution in [3.63, 3.8) is 0 Å². The van der Waals surface area contributed by atoms with Crippen LogP contribution in [0.4, 0.5) is 0 Å².